The van der Waals surface area contributed by atoms with Gasteiger partial charge in [-0.05, 0) is 32.2 Å². The van der Waals surface area contributed by atoms with Gasteiger partial charge in [0.2, 0.25) is 0 Å². The molecule has 0 amide bonds. The van der Waals surface area contributed by atoms with Gasteiger partial charge < -0.3 is 19.5 Å². The van der Waals surface area contributed by atoms with Crippen molar-refractivity contribution in [1.82, 2.24) is 5.32 Å². The highest BCUT2D eigenvalue weighted by atomic mass is 16.5. The average molecular weight is 231 g/mol. The molecular formula is C12H25NO3. The van der Waals surface area contributed by atoms with Crippen LogP contribution in [0.1, 0.15) is 19.8 Å². The van der Waals surface area contributed by atoms with Gasteiger partial charge in [0, 0.05) is 26.4 Å². The summed E-state index contributed by atoms with van der Waals surface area (Å²) in [4.78, 5) is 0. The molecule has 0 radical (unpaired) electrons. The second-order valence-electron chi connectivity index (χ2n) is 4.33. The van der Waals surface area contributed by atoms with Crippen molar-refractivity contribution in [3.63, 3.8) is 0 Å². The van der Waals surface area contributed by atoms with Crippen molar-refractivity contribution in [2.75, 3.05) is 46.7 Å². The van der Waals surface area contributed by atoms with Crippen LogP contribution in [0.15, 0.2) is 0 Å². The zero-order chi connectivity index (χ0) is 11.6. The van der Waals surface area contributed by atoms with E-state index in [-0.39, 0.29) is 0 Å². The van der Waals surface area contributed by atoms with Gasteiger partial charge in [-0.1, -0.05) is 0 Å². The van der Waals surface area contributed by atoms with Crippen molar-refractivity contribution in [3.8, 4) is 0 Å². The highest BCUT2D eigenvalue weighted by Crippen LogP contribution is 2.16. The molecule has 2 atom stereocenters. The molecule has 0 spiro atoms. The number of nitrogens with one attached hydrogen (secondary N) is 1. The first-order chi connectivity index (χ1) is 7.84. The highest BCUT2D eigenvalue weighted by Gasteiger charge is 2.21. The highest BCUT2D eigenvalue weighted by molar-refractivity contribution is 4.75. The zero-order valence-corrected chi connectivity index (χ0v) is 10.5. The molecule has 0 bridgehead atoms. The third-order valence-electron chi connectivity index (χ3n) is 3.04. The smallest absolute Gasteiger partial charge is 0.0700 e. The van der Waals surface area contributed by atoms with Crippen molar-refractivity contribution in [3.05, 3.63) is 0 Å². The van der Waals surface area contributed by atoms with Gasteiger partial charge in [-0.15, -0.1) is 0 Å². The fourth-order valence-electron chi connectivity index (χ4n) is 1.86. The Kier molecular flexibility index (Phi) is 7.76. The van der Waals surface area contributed by atoms with E-state index in [1.807, 2.05) is 0 Å². The van der Waals surface area contributed by atoms with Crippen LogP contribution in [-0.4, -0.2) is 52.7 Å². The first-order valence-electron chi connectivity index (χ1n) is 6.22. The molecule has 0 aromatic heterocycles. The Bertz CT molecular complexity index is 160. The van der Waals surface area contributed by atoms with E-state index < -0.39 is 0 Å². The van der Waals surface area contributed by atoms with Gasteiger partial charge in [0.15, 0.2) is 0 Å². The third-order valence-corrected chi connectivity index (χ3v) is 3.04. The van der Waals surface area contributed by atoms with E-state index in [4.69, 9.17) is 14.2 Å². The molecule has 2 unspecified atom stereocenters. The Labute approximate surface area is 98.6 Å². The van der Waals surface area contributed by atoms with Crippen LogP contribution in [-0.2, 0) is 14.2 Å². The van der Waals surface area contributed by atoms with E-state index in [9.17, 15) is 0 Å². The topological polar surface area (TPSA) is 39.7 Å². The fourth-order valence-corrected chi connectivity index (χ4v) is 1.86. The largest absolute Gasteiger partial charge is 0.382 e. The molecule has 1 heterocycles. The second-order valence-corrected chi connectivity index (χ2v) is 4.33. The van der Waals surface area contributed by atoms with Crippen LogP contribution in [0, 0.1) is 5.92 Å². The third kappa shape index (κ3) is 5.80. The summed E-state index contributed by atoms with van der Waals surface area (Å²) >= 11 is 0. The van der Waals surface area contributed by atoms with Gasteiger partial charge in [0.05, 0.1) is 19.8 Å². The summed E-state index contributed by atoms with van der Waals surface area (Å²) in [6, 6.07) is 0.557. The van der Waals surface area contributed by atoms with Gasteiger partial charge in [-0.25, -0.2) is 0 Å². The van der Waals surface area contributed by atoms with Gasteiger partial charge in [-0.2, -0.15) is 0 Å². The summed E-state index contributed by atoms with van der Waals surface area (Å²) in [6.45, 7) is 7.29. The maximum Gasteiger partial charge on any atom is 0.0700 e. The van der Waals surface area contributed by atoms with Gasteiger partial charge in [0.1, 0.15) is 0 Å². The molecular weight excluding hydrogens is 206 g/mol. The summed E-state index contributed by atoms with van der Waals surface area (Å²) in [6.07, 6.45) is 2.25. The average Bonchev–Trinajstić information content (AvgIpc) is 2.81. The van der Waals surface area contributed by atoms with Gasteiger partial charge in [0.25, 0.3) is 0 Å². The van der Waals surface area contributed by atoms with E-state index in [2.05, 4.69) is 12.2 Å². The monoisotopic (exact) mass is 231 g/mol. The Morgan fingerprint density at radius 2 is 2.25 bits per heavy atom. The molecule has 0 aliphatic carbocycles. The maximum atomic E-state index is 5.39. The summed E-state index contributed by atoms with van der Waals surface area (Å²) in [5, 5.41) is 3.52. The summed E-state index contributed by atoms with van der Waals surface area (Å²) in [5.41, 5.74) is 0. The summed E-state index contributed by atoms with van der Waals surface area (Å²) in [5.74, 6) is 0.689. The summed E-state index contributed by atoms with van der Waals surface area (Å²) in [7, 11) is 1.69. The lowest BCUT2D eigenvalue weighted by molar-refractivity contribution is 0.0690. The molecule has 1 rings (SSSR count). The van der Waals surface area contributed by atoms with Gasteiger partial charge >= 0.3 is 0 Å². The fraction of sp³-hybridized carbons (Fsp3) is 1.00. The van der Waals surface area contributed by atoms with E-state index >= 15 is 0 Å². The standard InChI is InChI=1S/C12H25NO3/c1-11(12-4-7-16-10-12)13-5-3-6-15-9-8-14-2/h11-13H,3-10H2,1-2H3. The number of methoxy groups -OCH3 is 1. The molecule has 1 fully saturated rings. The molecule has 0 saturated carbocycles. The van der Waals surface area contributed by atoms with Crippen molar-refractivity contribution in [1.29, 1.82) is 0 Å². The number of ether oxygens (including phenoxy) is 3. The second kappa shape index (κ2) is 8.93. The minimum absolute atomic E-state index is 0.557. The van der Waals surface area contributed by atoms with Crippen molar-refractivity contribution < 1.29 is 14.2 Å². The number of hydrogen-bond acceptors (Lipinski definition) is 4. The van der Waals surface area contributed by atoms with Crippen molar-refractivity contribution in [2.45, 2.75) is 25.8 Å². The molecule has 96 valence electrons. The zero-order valence-electron chi connectivity index (χ0n) is 10.5. The minimum Gasteiger partial charge on any atom is -0.382 e. The van der Waals surface area contributed by atoms with Gasteiger partial charge in [-0.3, -0.25) is 0 Å². The van der Waals surface area contributed by atoms with Crippen LogP contribution in [0.4, 0.5) is 0 Å². The van der Waals surface area contributed by atoms with Crippen LogP contribution in [0.2, 0.25) is 0 Å². The SMILES string of the molecule is COCCOCCCNC(C)C1CCOC1. The molecule has 1 N–H and O–H groups in total. The molecule has 0 aromatic rings. The Morgan fingerprint density at radius 1 is 1.38 bits per heavy atom. The lowest BCUT2D eigenvalue weighted by atomic mass is 10.0. The Hall–Kier alpha value is -0.160. The molecule has 1 aliphatic rings. The number of rotatable bonds is 9. The quantitative estimate of drug-likeness (QED) is 0.602. The summed E-state index contributed by atoms with van der Waals surface area (Å²) < 4.78 is 15.7. The Morgan fingerprint density at radius 3 is 2.94 bits per heavy atom. The Balaban J connectivity index is 1.86. The lowest BCUT2D eigenvalue weighted by Gasteiger charge is -2.19. The molecule has 4 nitrogen and oxygen atoms in total. The predicted molar refractivity (Wildman–Crippen MR) is 63.7 cm³/mol. The maximum absolute atomic E-state index is 5.39. The van der Waals surface area contributed by atoms with E-state index in [0.29, 0.717) is 25.2 Å². The molecule has 1 saturated heterocycles. The van der Waals surface area contributed by atoms with Crippen molar-refractivity contribution in [2.24, 2.45) is 5.92 Å². The minimum atomic E-state index is 0.557. The molecule has 0 aromatic carbocycles. The first kappa shape index (κ1) is 13.9. The first-order valence-corrected chi connectivity index (χ1v) is 6.22. The van der Waals surface area contributed by atoms with Crippen LogP contribution >= 0.6 is 0 Å². The predicted octanol–water partition coefficient (Wildman–Crippen LogP) is 1.05. The van der Waals surface area contributed by atoms with E-state index in [0.717, 1.165) is 32.8 Å². The lowest BCUT2D eigenvalue weighted by Crippen LogP contribution is -2.34. The van der Waals surface area contributed by atoms with E-state index in [1.54, 1.807) is 7.11 Å². The van der Waals surface area contributed by atoms with Crippen LogP contribution in [0.5, 0.6) is 0 Å². The van der Waals surface area contributed by atoms with Crippen LogP contribution in [0.25, 0.3) is 0 Å². The van der Waals surface area contributed by atoms with E-state index in [1.165, 1.54) is 6.42 Å². The molecule has 16 heavy (non-hydrogen) atoms. The number of hydrogen-bond donors (Lipinski definition) is 1. The molecule has 1 aliphatic heterocycles. The molecule has 4 heteroatoms. The van der Waals surface area contributed by atoms with Crippen LogP contribution in [0.3, 0.4) is 0 Å². The van der Waals surface area contributed by atoms with Crippen molar-refractivity contribution >= 4 is 0 Å². The normalized spacial score (nSPS) is 22.5. The van der Waals surface area contributed by atoms with Crippen LogP contribution < -0.4 is 5.32 Å².